The number of alkyl halides is 3. The fourth-order valence-electron chi connectivity index (χ4n) is 4.57. The smallest absolute Gasteiger partial charge is 0.419 e. The third-order valence-electron chi connectivity index (χ3n) is 6.66. The van der Waals surface area contributed by atoms with Crippen molar-refractivity contribution in [2.45, 2.75) is 18.7 Å². The van der Waals surface area contributed by atoms with Crippen LogP contribution in [0.15, 0.2) is 48.7 Å². The summed E-state index contributed by atoms with van der Waals surface area (Å²) in [4.78, 5) is 45.2. The minimum atomic E-state index is -4.99. The number of ether oxygens (including phenoxy) is 1. The first-order valence-corrected chi connectivity index (χ1v) is 13.8. The Kier molecular flexibility index (Phi) is 8.27. The number of amides is 3. The quantitative estimate of drug-likeness (QED) is 0.181. The molecule has 0 spiro atoms. The van der Waals surface area contributed by atoms with Gasteiger partial charge in [0.1, 0.15) is 21.6 Å². The number of carbonyl (C=O) groups is 3. The molecule has 1 fully saturated rings. The Hall–Kier alpha value is -4.27. The zero-order valence-electron chi connectivity index (χ0n) is 22.1. The second kappa shape index (κ2) is 11.8. The Morgan fingerprint density at radius 2 is 1.88 bits per heavy atom. The van der Waals surface area contributed by atoms with Gasteiger partial charge in [-0.05, 0) is 48.9 Å². The summed E-state index contributed by atoms with van der Waals surface area (Å²) in [6.45, 7) is 0.501. The molecule has 0 bridgehead atoms. The number of nitrogens with one attached hydrogen (secondary N) is 2. The summed E-state index contributed by atoms with van der Waals surface area (Å²) in [7, 11) is 1.33. The lowest BCUT2D eigenvalue weighted by Crippen LogP contribution is -2.29. The van der Waals surface area contributed by atoms with Crippen LogP contribution in [0.5, 0.6) is 5.75 Å². The van der Waals surface area contributed by atoms with Crippen LogP contribution < -0.4 is 15.4 Å². The van der Waals surface area contributed by atoms with Crippen LogP contribution in [0.3, 0.4) is 0 Å². The van der Waals surface area contributed by atoms with Crippen LogP contribution in [0.2, 0.25) is 5.15 Å². The molecule has 2 aromatic heterocycles. The zero-order chi connectivity index (χ0) is 31.1. The van der Waals surface area contributed by atoms with Gasteiger partial charge in [-0.25, -0.2) is 9.37 Å². The highest BCUT2D eigenvalue weighted by atomic mass is 35.5. The molecule has 224 valence electrons. The van der Waals surface area contributed by atoms with Crippen LogP contribution in [0, 0.1) is 5.82 Å². The molecule has 3 N–H and O–H groups in total. The number of halogens is 5. The van der Waals surface area contributed by atoms with Crippen LogP contribution in [-0.2, 0) is 6.18 Å². The molecule has 0 unspecified atom stereocenters. The van der Waals surface area contributed by atoms with Gasteiger partial charge in [0.2, 0.25) is 0 Å². The number of anilines is 2. The number of aromatic nitrogens is 1. The molecule has 15 heteroatoms. The second-order valence-corrected chi connectivity index (χ2v) is 11.0. The van der Waals surface area contributed by atoms with Gasteiger partial charge >= 0.3 is 6.18 Å². The molecule has 0 aliphatic carbocycles. The third kappa shape index (κ3) is 6.26. The number of pyridine rings is 1. The summed E-state index contributed by atoms with van der Waals surface area (Å²) in [5, 5.41) is 15.2. The molecule has 43 heavy (non-hydrogen) atoms. The lowest BCUT2D eigenvalue weighted by Gasteiger charge is -2.17. The largest absolute Gasteiger partial charge is 0.496 e. The van der Waals surface area contributed by atoms with Crippen molar-refractivity contribution < 1.29 is 41.8 Å². The van der Waals surface area contributed by atoms with E-state index < -0.39 is 41.4 Å². The van der Waals surface area contributed by atoms with Crippen molar-refractivity contribution in [1.82, 2.24) is 9.88 Å². The molecule has 4 aromatic rings. The molecule has 9 nitrogen and oxygen atoms in total. The predicted octanol–water partition coefficient (Wildman–Crippen LogP) is 5.83. The molecule has 1 aliphatic heterocycles. The number of aliphatic hydroxyl groups is 1. The summed E-state index contributed by atoms with van der Waals surface area (Å²) in [5.74, 6) is -3.44. The molecule has 1 saturated heterocycles. The van der Waals surface area contributed by atoms with Crippen LogP contribution in [0.1, 0.15) is 42.4 Å². The van der Waals surface area contributed by atoms with E-state index in [4.69, 9.17) is 16.3 Å². The van der Waals surface area contributed by atoms with Gasteiger partial charge in [-0.1, -0.05) is 11.6 Å². The minimum Gasteiger partial charge on any atom is -0.496 e. The Morgan fingerprint density at radius 3 is 2.56 bits per heavy atom. The molecular weight excluding hydrogens is 616 g/mol. The first-order chi connectivity index (χ1) is 20.3. The molecule has 0 radical (unpaired) electrons. The van der Waals surface area contributed by atoms with Crippen LogP contribution in [-0.4, -0.2) is 59.0 Å². The van der Waals surface area contributed by atoms with Gasteiger partial charge in [-0.3, -0.25) is 14.4 Å². The molecule has 1 aliphatic rings. The zero-order valence-corrected chi connectivity index (χ0v) is 23.7. The van der Waals surface area contributed by atoms with E-state index in [0.717, 1.165) is 17.4 Å². The Bertz CT molecular complexity index is 1760. The number of methoxy groups -OCH3 is 1. The van der Waals surface area contributed by atoms with E-state index in [1.165, 1.54) is 42.5 Å². The maximum Gasteiger partial charge on any atom is 0.419 e. The average Bonchev–Trinajstić information content (AvgIpc) is 3.55. The van der Waals surface area contributed by atoms with Crippen molar-refractivity contribution in [1.29, 1.82) is 0 Å². The fourth-order valence-corrected chi connectivity index (χ4v) is 5.85. The van der Waals surface area contributed by atoms with E-state index in [0.29, 0.717) is 35.2 Å². The summed E-state index contributed by atoms with van der Waals surface area (Å²) >= 11 is 6.90. The lowest BCUT2D eigenvalue weighted by molar-refractivity contribution is -0.139. The second-order valence-electron chi connectivity index (χ2n) is 9.52. The monoisotopic (exact) mass is 636 g/mol. The lowest BCUT2D eigenvalue weighted by atomic mass is 10.1. The van der Waals surface area contributed by atoms with Gasteiger partial charge < -0.3 is 25.4 Å². The molecule has 0 saturated carbocycles. The topological polar surface area (TPSA) is 121 Å². The maximum atomic E-state index is 13.8. The van der Waals surface area contributed by atoms with Gasteiger partial charge in [0, 0.05) is 40.6 Å². The number of nitrogens with zero attached hydrogens (tertiary/aromatic N) is 2. The molecule has 3 heterocycles. The van der Waals surface area contributed by atoms with Gasteiger partial charge in [0.15, 0.2) is 0 Å². The van der Waals surface area contributed by atoms with Gasteiger partial charge in [0.05, 0.1) is 30.0 Å². The Labute approximate surface area is 250 Å². The van der Waals surface area contributed by atoms with Gasteiger partial charge in [0.25, 0.3) is 17.7 Å². The molecule has 3 amide bonds. The van der Waals surface area contributed by atoms with E-state index in [2.05, 4.69) is 15.6 Å². The summed E-state index contributed by atoms with van der Waals surface area (Å²) < 4.78 is 59.2. The highest BCUT2D eigenvalue weighted by molar-refractivity contribution is 7.21. The number of thiophene rings is 1. The number of hydrogen-bond acceptors (Lipinski definition) is 7. The van der Waals surface area contributed by atoms with E-state index >= 15 is 0 Å². The standard InChI is InChI=1S/C28H21ClF4N4O5S/c1-42-20-5-2-13(27(41)37-7-6-15(38)12-37)8-16(20)25(39)36-23-17-11-34-22(29)10-21(17)43-24(23)26(40)35-14-3-4-19(30)18(9-14)28(31,32)33/h2-5,8-11,15,38H,6-7,12H2,1H3,(H,35,40)(H,36,39)/t15-/m1/s1. The van der Waals surface area contributed by atoms with Crippen molar-refractivity contribution in [2.75, 3.05) is 30.8 Å². The summed E-state index contributed by atoms with van der Waals surface area (Å²) in [6, 6.07) is 7.69. The first kappa shape index (κ1) is 30.2. The molecular formula is C28H21ClF4N4O5S. The number of aliphatic hydroxyl groups excluding tert-OH is 1. The average molecular weight is 637 g/mol. The van der Waals surface area contributed by atoms with E-state index in [-0.39, 0.29) is 44.8 Å². The SMILES string of the molecule is COc1ccc(C(=O)N2CC[C@@H](O)C2)cc1C(=O)Nc1c(C(=O)Nc2ccc(F)c(C(F)(F)F)c2)sc2cc(Cl)ncc12. The number of β-amino-alcohol motifs (C(OH)–C–C–N with tert-alkyl or cyclic N) is 1. The van der Waals surface area contributed by atoms with Crippen molar-refractivity contribution in [3.05, 3.63) is 81.2 Å². The number of fused-ring (bicyclic) bond motifs is 1. The number of carbonyl (C=O) groups excluding carboxylic acids is 3. The first-order valence-electron chi connectivity index (χ1n) is 12.6. The number of likely N-dealkylation sites (tertiary alicyclic amines) is 1. The number of hydrogen-bond donors (Lipinski definition) is 3. The Balaban J connectivity index is 1.49. The highest BCUT2D eigenvalue weighted by Gasteiger charge is 2.34. The number of rotatable bonds is 6. The minimum absolute atomic E-state index is 0.0220. The Morgan fingerprint density at radius 1 is 1.12 bits per heavy atom. The fraction of sp³-hybridized carbons (Fsp3) is 0.214. The van der Waals surface area contributed by atoms with Crippen molar-refractivity contribution >= 4 is 62.1 Å². The summed E-state index contributed by atoms with van der Waals surface area (Å²) in [5.41, 5.74) is -1.79. The van der Waals surface area contributed by atoms with E-state index in [1.54, 1.807) is 0 Å². The predicted molar refractivity (Wildman–Crippen MR) is 151 cm³/mol. The molecule has 5 rings (SSSR count). The number of benzene rings is 2. The van der Waals surface area contributed by atoms with Crippen molar-refractivity contribution in [3.8, 4) is 5.75 Å². The van der Waals surface area contributed by atoms with E-state index in [1.807, 2.05) is 0 Å². The normalized spacial score (nSPS) is 15.0. The van der Waals surface area contributed by atoms with E-state index in [9.17, 15) is 37.1 Å². The third-order valence-corrected chi connectivity index (χ3v) is 8.02. The highest BCUT2D eigenvalue weighted by Crippen LogP contribution is 2.38. The maximum absolute atomic E-state index is 13.8. The van der Waals surface area contributed by atoms with Crippen molar-refractivity contribution in [3.63, 3.8) is 0 Å². The van der Waals surface area contributed by atoms with Gasteiger partial charge in [-0.15, -0.1) is 11.3 Å². The molecule has 1 atom stereocenters. The van der Waals surface area contributed by atoms with Crippen LogP contribution in [0.4, 0.5) is 28.9 Å². The summed E-state index contributed by atoms with van der Waals surface area (Å²) in [6.07, 6.45) is -3.89. The van der Waals surface area contributed by atoms with Crippen molar-refractivity contribution in [2.24, 2.45) is 0 Å². The van der Waals surface area contributed by atoms with Gasteiger partial charge in [-0.2, -0.15) is 13.2 Å². The molecule has 2 aromatic carbocycles. The van der Waals surface area contributed by atoms with Crippen LogP contribution in [0.25, 0.3) is 10.1 Å². The van der Waals surface area contributed by atoms with Crippen LogP contribution >= 0.6 is 22.9 Å².